The van der Waals surface area contributed by atoms with E-state index in [2.05, 4.69) is 11.9 Å². The average Bonchev–Trinajstić information content (AvgIpc) is 3.36. The third-order valence-electron chi connectivity index (χ3n) is 5.07. The molecule has 7 heteroatoms. The standard InChI is InChI=1S/C19H26N2O3S2/c1-21(11-10-20)14-6-8-15(9-7-14)24-18(22)19(23,16-4-2-12-25-16)17-5-3-13-26-17/h2-5,12-15,23H,6-11,20H2,1H3/t14-,15-. The van der Waals surface area contributed by atoms with Crippen LogP contribution in [0.3, 0.4) is 0 Å². The first-order chi connectivity index (χ1) is 12.6. The van der Waals surface area contributed by atoms with Crippen LogP contribution in [0.2, 0.25) is 0 Å². The van der Waals surface area contributed by atoms with Crippen LogP contribution >= 0.6 is 22.7 Å². The summed E-state index contributed by atoms with van der Waals surface area (Å²) < 4.78 is 5.77. The van der Waals surface area contributed by atoms with Crippen LogP contribution in [0.25, 0.3) is 0 Å². The van der Waals surface area contributed by atoms with Crippen molar-refractivity contribution in [2.24, 2.45) is 5.73 Å². The summed E-state index contributed by atoms with van der Waals surface area (Å²) in [5.74, 6) is -0.568. The second-order valence-electron chi connectivity index (χ2n) is 6.77. The molecular weight excluding hydrogens is 368 g/mol. The molecule has 1 saturated carbocycles. The number of ether oxygens (including phenoxy) is 1. The molecule has 0 amide bonds. The van der Waals surface area contributed by atoms with E-state index >= 15 is 0 Å². The molecule has 26 heavy (non-hydrogen) atoms. The van der Waals surface area contributed by atoms with Crippen LogP contribution in [0, 0.1) is 0 Å². The summed E-state index contributed by atoms with van der Waals surface area (Å²) in [6, 6.07) is 7.73. The van der Waals surface area contributed by atoms with Crippen molar-refractivity contribution in [3.05, 3.63) is 44.8 Å². The van der Waals surface area contributed by atoms with E-state index in [1.54, 1.807) is 12.1 Å². The van der Waals surface area contributed by atoms with Gasteiger partial charge in [0.2, 0.25) is 5.60 Å². The Morgan fingerprint density at radius 1 is 1.23 bits per heavy atom. The van der Waals surface area contributed by atoms with Crippen molar-refractivity contribution in [3.8, 4) is 0 Å². The summed E-state index contributed by atoms with van der Waals surface area (Å²) in [4.78, 5) is 16.4. The molecule has 0 saturated heterocycles. The van der Waals surface area contributed by atoms with Crippen molar-refractivity contribution in [2.75, 3.05) is 20.1 Å². The summed E-state index contributed by atoms with van der Waals surface area (Å²) >= 11 is 2.73. The third-order valence-corrected chi connectivity index (χ3v) is 7.03. The number of carbonyl (C=O) groups excluding carboxylic acids is 1. The van der Waals surface area contributed by atoms with Gasteiger partial charge in [0.25, 0.3) is 0 Å². The maximum absolute atomic E-state index is 13.0. The van der Waals surface area contributed by atoms with Crippen molar-refractivity contribution < 1.29 is 14.6 Å². The average molecular weight is 395 g/mol. The fraction of sp³-hybridized carbons (Fsp3) is 0.526. The minimum Gasteiger partial charge on any atom is -0.460 e. The molecule has 3 rings (SSSR count). The molecule has 2 aromatic rings. The van der Waals surface area contributed by atoms with E-state index in [0.29, 0.717) is 22.3 Å². The van der Waals surface area contributed by atoms with Gasteiger partial charge < -0.3 is 20.5 Å². The second kappa shape index (κ2) is 8.63. The van der Waals surface area contributed by atoms with E-state index in [1.807, 2.05) is 22.9 Å². The van der Waals surface area contributed by atoms with E-state index < -0.39 is 11.6 Å². The zero-order valence-corrected chi connectivity index (χ0v) is 16.6. The zero-order valence-electron chi connectivity index (χ0n) is 15.0. The molecule has 142 valence electrons. The molecule has 1 aliphatic rings. The Morgan fingerprint density at radius 2 is 1.81 bits per heavy atom. The maximum atomic E-state index is 13.0. The molecule has 2 aromatic heterocycles. The van der Waals surface area contributed by atoms with Crippen molar-refractivity contribution in [2.45, 2.75) is 43.4 Å². The zero-order chi connectivity index (χ0) is 18.6. The fourth-order valence-electron chi connectivity index (χ4n) is 3.52. The molecule has 5 nitrogen and oxygen atoms in total. The number of aliphatic hydroxyl groups is 1. The summed E-state index contributed by atoms with van der Waals surface area (Å²) in [6.07, 6.45) is 3.44. The minimum atomic E-state index is -1.71. The Morgan fingerprint density at radius 3 is 2.27 bits per heavy atom. The number of nitrogens with zero attached hydrogens (tertiary/aromatic N) is 1. The van der Waals surface area contributed by atoms with Crippen LogP contribution in [0.1, 0.15) is 35.4 Å². The van der Waals surface area contributed by atoms with Gasteiger partial charge in [0.15, 0.2) is 0 Å². The molecule has 1 fully saturated rings. The fourth-order valence-corrected chi connectivity index (χ4v) is 5.23. The summed E-state index contributed by atoms with van der Waals surface area (Å²) in [5.41, 5.74) is 3.92. The van der Waals surface area contributed by atoms with Gasteiger partial charge in [-0.1, -0.05) is 12.1 Å². The van der Waals surface area contributed by atoms with Gasteiger partial charge in [-0.25, -0.2) is 4.79 Å². The highest BCUT2D eigenvalue weighted by molar-refractivity contribution is 7.12. The molecule has 0 spiro atoms. The summed E-state index contributed by atoms with van der Waals surface area (Å²) in [5, 5.41) is 15.0. The number of hydrogen-bond acceptors (Lipinski definition) is 7. The van der Waals surface area contributed by atoms with Crippen molar-refractivity contribution in [1.82, 2.24) is 4.90 Å². The lowest BCUT2D eigenvalue weighted by Gasteiger charge is -2.35. The first-order valence-electron chi connectivity index (χ1n) is 8.97. The van der Waals surface area contributed by atoms with Gasteiger partial charge in [0.1, 0.15) is 6.10 Å². The van der Waals surface area contributed by atoms with Gasteiger partial charge in [0.05, 0.1) is 9.75 Å². The Kier molecular flexibility index (Phi) is 6.47. The Labute approximate surface area is 162 Å². The molecule has 0 atom stereocenters. The lowest BCUT2D eigenvalue weighted by Crippen LogP contribution is -2.42. The molecular formula is C19H26N2O3S2. The monoisotopic (exact) mass is 394 g/mol. The third kappa shape index (κ3) is 4.02. The van der Waals surface area contributed by atoms with E-state index in [9.17, 15) is 9.90 Å². The lowest BCUT2D eigenvalue weighted by molar-refractivity contribution is -0.169. The summed E-state index contributed by atoms with van der Waals surface area (Å²) in [6.45, 7) is 1.53. The predicted molar refractivity (Wildman–Crippen MR) is 105 cm³/mol. The van der Waals surface area contributed by atoms with Crippen LogP contribution in [-0.2, 0) is 15.1 Å². The first kappa shape index (κ1) is 19.5. The van der Waals surface area contributed by atoms with Gasteiger partial charge in [-0.3, -0.25) is 0 Å². The number of rotatable bonds is 7. The van der Waals surface area contributed by atoms with Crippen LogP contribution in [0.15, 0.2) is 35.0 Å². The van der Waals surface area contributed by atoms with Gasteiger partial charge in [-0.05, 0) is 55.6 Å². The van der Waals surface area contributed by atoms with Crippen LogP contribution in [-0.4, -0.2) is 48.3 Å². The molecule has 0 aromatic carbocycles. The smallest absolute Gasteiger partial charge is 0.349 e. The van der Waals surface area contributed by atoms with E-state index in [4.69, 9.17) is 10.5 Å². The van der Waals surface area contributed by atoms with Gasteiger partial charge in [0, 0.05) is 19.1 Å². The van der Waals surface area contributed by atoms with E-state index in [-0.39, 0.29) is 6.10 Å². The Hall–Kier alpha value is -1.25. The lowest BCUT2D eigenvalue weighted by atomic mass is 9.91. The highest BCUT2D eigenvalue weighted by Gasteiger charge is 2.45. The van der Waals surface area contributed by atoms with Crippen molar-refractivity contribution in [1.29, 1.82) is 0 Å². The highest BCUT2D eigenvalue weighted by atomic mass is 32.1. The highest BCUT2D eigenvalue weighted by Crippen LogP contribution is 2.38. The maximum Gasteiger partial charge on any atom is 0.349 e. The SMILES string of the molecule is CN(CCN)[C@H]1CC[C@H](OC(=O)C(O)(c2cccs2)c2cccs2)CC1. The largest absolute Gasteiger partial charge is 0.460 e. The number of nitrogens with two attached hydrogens (primary N) is 1. The molecule has 0 unspecified atom stereocenters. The number of hydrogen-bond donors (Lipinski definition) is 2. The normalized spacial score (nSPS) is 21.1. The number of thiophene rings is 2. The molecule has 0 aliphatic heterocycles. The predicted octanol–water partition coefficient (Wildman–Crippen LogP) is 2.79. The number of carbonyl (C=O) groups is 1. The van der Waals surface area contributed by atoms with Gasteiger partial charge in [-0.15, -0.1) is 22.7 Å². The molecule has 3 N–H and O–H groups in total. The van der Waals surface area contributed by atoms with E-state index in [0.717, 1.165) is 32.2 Å². The molecule has 1 aliphatic carbocycles. The van der Waals surface area contributed by atoms with Gasteiger partial charge >= 0.3 is 5.97 Å². The van der Waals surface area contributed by atoms with Crippen LogP contribution < -0.4 is 5.73 Å². The van der Waals surface area contributed by atoms with Crippen molar-refractivity contribution in [3.63, 3.8) is 0 Å². The number of likely N-dealkylation sites (N-methyl/N-ethyl adjacent to an activating group) is 1. The Bertz CT molecular complexity index is 645. The van der Waals surface area contributed by atoms with Crippen LogP contribution in [0.4, 0.5) is 0 Å². The first-order valence-corrected chi connectivity index (χ1v) is 10.7. The van der Waals surface area contributed by atoms with Gasteiger partial charge in [-0.2, -0.15) is 0 Å². The second-order valence-corrected chi connectivity index (χ2v) is 8.67. The molecule has 0 radical (unpaired) electrons. The van der Waals surface area contributed by atoms with Crippen molar-refractivity contribution >= 4 is 28.6 Å². The van der Waals surface area contributed by atoms with E-state index in [1.165, 1.54) is 22.7 Å². The number of esters is 1. The molecule has 0 bridgehead atoms. The van der Waals surface area contributed by atoms with Crippen LogP contribution in [0.5, 0.6) is 0 Å². The Balaban J connectivity index is 1.67. The quantitative estimate of drug-likeness (QED) is 0.706. The topological polar surface area (TPSA) is 75.8 Å². The summed E-state index contributed by atoms with van der Waals surface area (Å²) in [7, 11) is 2.09. The minimum absolute atomic E-state index is 0.142. The molecule has 2 heterocycles.